The number of unbranched alkanes of at least 4 members (excludes halogenated alkanes) is 3. The highest BCUT2D eigenvalue weighted by Crippen LogP contribution is 2.20. The second kappa shape index (κ2) is 13.5. The maximum atomic E-state index is 12.1. The van der Waals surface area contributed by atoms with E-state index in [9.17, 15) is 4.79 Å². The van der Waals surface area contributed by atoms with E-state index in [1.54, 1.807) is 0 Å². The molecule has 0 radical (unpaired) electrons. The van der Waals surface area contributed by atoms with Crippen molar-refractivity contribution in [2.24, 2.45) is 0 Å². The fourth-order valence-electron chi connectivity index (χ4n) is 3.59. The third-order valence-corrected chi connectivity index (χ3v) is 5.70. The molecule has 5 nitrogen and oxygen atoms in total. The predicted octanol–water partition coefficient (Wildman–Crippen LogP) is 6.19. The van der Waals surface area contributed by atoms with Gasteiger partial charge in [0.15, 0.2) is 0 Å². The third-order valence-electron chi connectivity index (χ3n) is 5.70. The van der Waals surface area contributed by atoms with Crippen molar-refractivity contribution in [2.45, 2.75) is 38.7 Å². The van der Waals surface area contributed by atoms with Gasteiger partial charge in [-0.2, -0.15) is 0 Å². The molecule has 0 N–H and O–H groups in total. The first-order valence-corrected chi connectivity index (χ1v) is 12.4. The lowest BCUT2D eigenvalue weighted by atomic mass is 10.1. The van der Waals surface area contributed by atoms with Crippen molar-refractivity contribution in [1.82, 2.24) is 4.48 Å². The summed E-state index contributed by atoms with van der Waals surface area (Å²) in [6, 6.07) is 26.0. The van der Waals surface area contributed by atoms with Crippen molar-refractivity contribution >= 4 is 11.7 Å². The molecule has 0 aliphatic heterocycles. The zero-order valence-corrected chi connectivity index (χ0v) is 21.2. The molecule has 0 aliphatic carbocycles. The smallest absolute Gasteiger partial charge is 0.310 e. The van der Waals surface area contributed by atoms with Crippen LogP contribution < -0.4 is 14.0 Å². The van der Waals surface area contributed by atoms with E-state index in [4.69, 9.17) is 14.2 Å². The molecule has 0 saturated carbocycles. The molecular formula is C30H38NO4+. The van der Waals surface area contributed by atoms with Crippen molar-refractivity contribution in [3.63, 3.8) is 0 Å². The van der Waals surface area contributed by atoms with Crippen LogP contribution in [0.3, 0.4) is 0 Å². The fraction of sp³-hybridized carbons (Fsp3) is 0.367. The first-order valence-electron chi connectivity index (χ1n) is 12.4. The Kier molecular flexibility index (Phi) is 10.2. The number of rotatable bonds is 14. The van der Waals surface area contributed by atoms with Gasteiger partial charge < -0.3 is 14.2 Å². The number of hydrogen-bond donors (Lipinski definition) is 0. The lowest BCUT2D eigenvalue weighted by Crippen LogP contribution is -2.34. The first-order chi connectivity index (χ1) is 16.9. The monoisotopic (exact) mass is 476 g/mol. The van der Waals surface area contributed by atoms with E-state index in [1.165, 1.54) is 5.69 Å². The Morgan fingerprint density at radius 2 is 1.26 bits per heavy atom. The highest BCUT2D eigenvalue weighted by atomic mass is 16.5. The molecule has 3 rings (SSSR count). The molecule has 0 saturated heterocycles. The highest BCUT2D eigenvalue weighted by molar-refractivity contribution is 5.72. The van der Waals surface area contributed by atoms with Crippen LogP contribution in [0.4, 0.5) is 5.69 Å². The Balaban J connectivity index is 1.21. The van der Waals surface area contributed by atoms with Gasteiger partial charge in [0.1, 0.15) is 23.8 Å². The summed E-state index contributed by atoms with van der Waals surface area (Å²) >= 11 is 0. The third kappa shape index (κ3) is 9.83. The number of quaternary nitrogens is 1. The van der Waals surface area contributed by atoms with Crippen LogP contribution in [0.1, 0.15) is 36.8 Å². The zero-order valence-electron chi connectivity index (χ0n) is 21.2. The summed E-state index contributed by atoms with van der Waals surface area (Å²) < 4.78 is 17.8. The summed E-state index contributed by atoms with van der Waals surface area (Å²) in [5.74, 6) is 1.51. The van der Waals surface area contributed by atoms with Gasteiger partial charge in [-0.3, -0.25) is 9.28 Å². The number of carbonyl (C=O) groups excluding carboxylic acids is 1. The summed E-state index contributed by atoms with van der Waals surface area (Å²) in [6.45, 7) is 1.70. The van der Waals surface area contributed by atoms with Crippen LogP contribution in [0.5, 0.6) is 11.5 Å². The Hall–Kier alpha value is -3.31. The summed E-state index contributed by atoms with van der Waals surface area (Å²) in [5, 5.41) is 0. The second-order valence-corrected chi connectivity index (χ2v) is 9.58. The number of ether oxygens (including phenoxy) is 3. The largest absolute Gasteiger partial charge is 0.494 e. The van der Waals surface area contributed by atoms with Crippen molar-refractivity contribution in [3.8, 4) is 11.5 Å². The molecule has 0 unspecified atom stereocenters. The van der Waals surface area contributed by atoms with Crippen LogP contribution in [0.15, 0.2) is 78.9 Å². The van der Waals surface area contributed by atoms with Gasteiger partial charge in [-0.1, -0.05) is 42.5 Å². The number of hydrogen-bond acceptors (Lipinski definition) is 4. The summed E-state index contributed by atoms with van der Waals surface area (Å²) in [4.78, 5) is 12.1. The van der Waals surface area contributed by atoms with Crippen LogP contribution >= 0.6 is 0 Å². The molecule has 0 aliphatic rings. The van der Waals surface area contributed by atoms with Crippen LogP contribution in [0, 0.1) is 0 Å². The van der Waals surface area contributed by atoms with Crippen molar-refractivity contribution in [3.05, 3.63) is 90.0 Å². The van der Waals surface area contributed by atoms with Gasteiger partial charge in [0.25, 0.3) is 0 Å². The average molecular weight is 477 g/mol. The molecule has 0 aromatic heterocycles. The maximum Gasteiger partial charge on any atom is 0.310 e. The average Bonchev–Trinajstić information content (AvgIpc) is 2.85. The van der Waals surface area contributed by atoms with Gasteiger partial charge >= 0.3 is 5.97 Å². The Bertz CT molecular complexity index is 1010. The minimum absolute atomic E-state index is 0.164. The lowest BCUT2D eigenvalue weighted by molar-refractivity contribution is -0.142. The van der Waals surface area contributed by atoms with Gasteiger partial charge in [0, 0.05) is 0 Å². The fourth-order valence-corrected chi connectivity index (χ4v) is 3.59. The molecule has 3 aromatic rings. The maximum absolute atomic E-state index is 12.1. The van der Waals surface area contributed by atoms with Crippen LogP contribution in [0.25, 0.3) is 0 Å². The molecule has 3 aromatic carbocycles. The molecule has 0 bridgehead atoms. The minimum atomic E-state index is -0.164. The van der Waals surface area contributed by atoms with Crippen molar-refractivity contribution < 1.29 is 19.0 Å². The van der Waals surface area contributed by atoms with Crippen molar-refractivity contribution in [1.29, 1.82) is 0 Å². The summed E-state index contributed by atoms with van der Waals surface area (Å²) in [5.41, 5.74) is 3.34. The Morgan fingerprint density at radius 1 is 0.657 bits per heavy atom. The molecule has 35 heavy (non-hydrogen) atoms. The number of benzene rings is 3. The van der Waals surface area contributed by atoms with E-state index in [0.717, 1.165) is 52.8 Å². The normalized spacial score (nSPS) is 11.2. The summed E-state index contributed by atoms with van der Waals surface area (Å²) in [6.07, 6.45) is 4.23. The molecular weight excluding hydrogens is 438 g/mol. The Labute approximate surface area is 209 Å². The number of nitrogens with zero attached hydrogens (tertiary/aromatic N) is 1. The zero-order chi connectivity index (χ0) is 24.9. The molecule has 5 heteroatoms. The number of esters is 1. The van der Waals surface area contributed by atoms with E-state index in [1.807, 2.05) is 66.7 Å². The quantitative estimate of drug-likeness (QED) is 0.158. The SMILES string of the molecule is C[N+](C)(C)c1ccc(CC(=O)OCCCCCCOc2ccc(OCc3ccccc3)cc2)cc1. The molecule has 0 heterocycles. The van der Waals surface area contributed by atoms with E-state index in [2.05, 4.69) is 33.3 Å². The van der Waals surface area contributed by atoms with Gasteiger partial charge in [-0.05, 0) is 73.2 Å². The lowest BCUT2D eigenvalue weighted by Gasteiger charge is -2.23. The molecule has 0 amide bonds. The van der Waals surface area contributed by atoms with E-state index in [-0.39, 0.29) is 5.97 Å². The Morgan fingerprint density at radius 3 is 1.89 bits per heavy atom. The van der Waals surface area contributed by atoms with Gasteiger partial charge in [-0.25, -0.2) is 0 Å². The highest BCUT2D eigenvalue weighted by Gasteiger charge is 2.12. The van der Waals surface area contributed by atoms with Crippen molar-refractivity contribution in [2.75, 3.05) is 34.4 Å². The van der Waals surface area contributed by atoms with E-state index in [0.29, 0.717) is 26.2 Å². The van der Waals surface area contributed by atoms with Gasteiger partial charge in [0.2, 0.25) is 0 Å². The predicted molar refractivity (Wildman–Crippen MR) is 142 cm³/mol. The standard InChI is InChI=1S/C30H38NO4/c1-31(2,3)27-15-13-25(14-16-27)23-30(32)34-22-10-5-4-9-21-33-28-17-19-29(20-18-28)35-24-26-11-7-6-8-12-26/h6-8,11-20H,4-5,9-10,21-24H2,1-3H3/q+1. The molecule has 0 fully saturated rings. The van der Waals surface area contributed by atoms with Crippen LogP contribution in [0.2, 0.25) is 0 Å². The topological polar surface area (TPSA) is 44.8 Å². The summed E-state index contributed by atoms with van der Waals surface area (Å²) in [7, 11) is 6.36. The second-order valence-electron chi connectivity index (χ2n) is 9.58. The van der Waals surface area contributed by atoms with Crippen LogP contribution in [-0.4, -0.2) is 40.3 Å². The molecule has 186 valence electrons. The number of carbonyl (C=O) groups is 1. The minimum Gasteiger partial charge on any atom is -0.494 e. The molecule has 0 spiro atoms. The first kappa shape index (κ1) is 26.3. The van der Waals surface area contributed by atoms with E-state index >= 15 is 0 Å². The molecule has 0 atom stereocenters. The van der Waals surface area contributed by atoms with Gasteiger partial charge in [0.05, 0.1) is 40.8 Å². The van der Waals surface area contributed by atoms with Crippen LogP contribution in [-0.2, 0) is 22.6 Å². The van der Waals surface area contributed by atoms with Gasteiger partial charge in [-0.15, -0.1) is 0 Å². The van der Waals surface area contributed by atoms with E-state index < -0.39 is 0 Å².